The number of nitrogens with one attached hydrogen (secondary N) is 2. The number of aliphatic carboxylic acids is 1. The molecule has 0 radical (unpaired) electrons. The molecule has 0 aliphatic rings. The second-order valence-corrected chi connectivity index (χ2v) is 9.54. The first-order valence-electron chi connectivity index (χ1n) is 9.79. The minimum Gasteiger partial charge on any atom is -0.475 e. The van der Waals surface area contributed by atoms with Gasteiger partial charge >= 0.3 is 12.1 Å². The monoisotopic (exact) mass is 528 g/mol. The molecule has 0 saturated carbocycles. The number of ether oxygens (including phenoxy) is 1. The molecule has 0 spiro atoms. The summed E-state index contributed by atoms with van der Waals surface area (Å²) in [5, 5.41) is 11.2. The van der Waals surface area contributed by atoms with Crippen molar-refractivity contribution in [2.24, 2.45) is 0 Å². The number of thiazole rings is 1. The number of anilines is 2. The van der Waals surface area contributed by atoms with Crippen LogP contribution in [0.4, 0.5) is 24.5 Å². The normalized spacial score (nSPS) is 11.8. The summed E-state index contributed by atoms with van der Waals surface area (Å²) in [6.45, 7) is 0.517. The van der Waals surface area contributed by atoms with Crippen molar-refractivity contribution in [3.8, 4) is 0 Å². The Labute approximate surface area is 201 Å². The minimum absolute atomic E-state index is 0.183. The zero-order valence-electron chi connectivity index (χ0n) is 18.0. The summed E-state index contributed by atoms with van der Waals surface area (Å²) in [4.78, 5) is 17.7. The molecule has 0 amide bonds. The van der Waals surface area contributed by atoms with Crippen LogP contribution in [0.5, 0.6) is 0 Å². The SMILES string of the molecule is COCCNS(=O)(=O)c1ccc2nccc(Nc3ccc4scnc4c3)c2c1.O=C(O)C(F)(F)F. The Morgan fingerprint density at radius 1 is 1.11 bits per heavy atom. The van der Waals surface area contributed by atoms with Gasteiger partial charge in [0.05, 0.1) is 32.7 Å². The van der Waals surface area contributed by atoms with Crippen LogP contribution < -0.4 is 10.0 Å². The number of methoxy groups -OCH3 is 1. The lowest BCUT2D eigenvalue weighted by Crippen LogP contribution is -2.27. The Balaban J connectivity index is 0.000000429. The molecule has 4 rings (SSSR count). The number of aromatic nitrogens is 2. The fourth-order valence-electron chi connectivity index (χ4n) is 2.85. The highest BCUT2D eigenvalue weighted by atomic mass is 32.2. The average molecular weight is 529 g/mol. The molecular formula is C21H19F3N4O5S2. The number of pyridine rings is 1. The molecule has 0 fully saturated rings. The summed E-state index contributed by atoms with van der Waals surface area (Å²) in [5.74, 6) is -2.76. The van der Waals surface area contributed by atoms with Crippen molar-refractivity contribution < 1.29 is 36.2 Å². The van der Waals surface area contributed by atoms with E-state index < -0.39 is 22.2 Å². The molecule has 2 heterocycles. The first kappa shape index (κ1) is 26.3. The van der Waals surface area contributed by atoms with Crippen molar-refractivity contribution >= 4 is 59.8 Å². The van der Waals surface area contributed by atoms with Gasteiger partial charge in [0.15, 0.2) is 0 Å². The van der Waals surface area contributed by atoms with E-state index in [4.69, 9.17) is 14.6 Å². The number of fused-ring (bicyclic) bond motifs is 2. The van der Waals surface area contributed by atoms with Gasteiger partial charge in [0.1, 0.15) is 0 Å². The van der Waals surface area contributed by atoms with E-state index in [1.165, 1.54) is 7.11 Å². The van der Waals surface area contributed by atoms with Crippen LogP contribution in [-0.4, -0.2) is 55.9 Å². The Bertz CT molecular complexity index is 1440. The topological polar surface area (TPSA) is 131 Å². The van der Waals surface area contributed by atoms with Crippen LogP contribution in [-0.2, 0) is 19.6 Å². The summed E-state index contributed by atoms with van der Waals surface area (Å²) < 4.78 is 65.3. The lowest BCUT2D eigenvalue weighted by molar-refractivity contribution is -0.192. The molecule has 0 bridgehead atoms. The number of rotatable bonds is 7. The lowest BCUT2D eigenvalue weighted by Gasteiger charge is -2.11. The minimum atomic E-state index is -5.08. The van der Waals surface area contributed by atoms with Crippen LogP contribution in [0.1, 0.15) is 0 Å². The second kappa shape index (κ2) is 10.9. The second-order valence-electron chi connectivity index (χ2n) is 6.89. The van der Waals surface area contributed by atoms with Crippen LogP contribution in [0.25, 0.3) is 21.1 Å². The van der Waals surface area contributed by atoms with Crippen LogP contribution in [0.15, 0.2) is 59.1 Å². The van der Waals surface area contributed by atoms with Gasteiger partial charge in [-0.25, -0.2) is 22.9 Å². The molecule has 186 valence electrons. The fraction of sp³-hybridized carbons (Fsp3) is 0.190. The number of hydrogen-bond donors (Lipinski definition) is 3. The molecule has 0 saturated heterocycles. The van der Waals surface area contributed by atoms with Gasteiger partial charge in [-0.2, -0.15) is 13.2 Å². The largest absolute Gasteiger partial charge is 0.490 e. The highest BCUT2D eigenvalue weighted by Crippen LogP contribution is 2.29. The van der Waals surface area contributed by atoms with Crippen LogP contribution >= 0.6 is 11.3 Å². The first-order chi connectivity index (χ1) is 16.5. The quantitative estimate of drug-likeness (QED) is 0.305. The number of benzene rings is 2. The fourth-order valence-corrected chi connectivity index (χ4v) is 4.55. The zero-order chi connectivity index (χ0) is 25.6. The Kier molecular flexibility index (Phi) is 8.22. The predicted octanol–water partition coefficient (Wildman–Crippen LogP) is 4.15. The van der Waals surface area contributed by atoms with E-state index in [9.17, 15) is 21.6 Å². The third-order valence-corrected chi connectivity index (χ3v) is 6.74. The van der Waals surface area contributed by atoms with Crippen molar-refractivity contribution in [3.05, 3.63) is 54.2 Å². The van der Waals surface area contributed by atoms with E-state index in [1.54, 1.807) is 35.7 Å². The van der Waals surface area contributed by atoms with Gasteiger partial charge in [0.2, 0.25) is 10.0 Å². The maximum Gasteiger partial charge on any atom is 0.490 e. The smallest absolute Gasteiger partial charge is 0.475 e. The predicted molar refractivity (Wildman–Crippen MR) is 125 cm³/mol. The first-order valence-corrected chi connectivity index (χ1v) is 12.2. The lowest BCUT2D eigenvalue weighted by atomic mass is 10.2. The van der Waals surface area contributed by atoms with E-state index in [-0.39, 0.29) is 11.4 Å². The molecule has 4 aromatic rings. The van der Waals surface area contributed by atoms with Gasteiger partial charge in [0.25, 0.3) is 0 Å². The molecule has 9 nitrogen and oxygen atoms in total. The molecule has 0 atom stereocenters. The highest BCUT2D eigenvalue weighted by molar-refractivity contribution is 7.89. The zero-order valence-corrected chi connectivity index (χ0v) is 19.7. The Hall–Kier alpha value is -3.33. The molecule has 0 unspecified atom stereocenters. The number of carbonyl (C=O) groups is 1. The van der Waals surface area contributed by atoms with Crippen molar-refractivity contribution in [1.29, 1.82) is 0 Å². The van der Waals surface area contributed by atoms with Crippen molar-refractivity contribution in [2.75, 3.05) is 25.6 Å². The number of alkyl halides is 3. The highest BCUT2D eigenvalue weighted by Gasteiger charge is 2.38. The van der Waals surface area contributed by atoms with E-state index in [0.29, 0.717) is 12.1 Å². The molecule has 14 heteroatoms. The van der Waals surface area contributed by atoms with Crippen LogP contribution in [0.3, 0.4) is 0 Å². The number of carboxylic acids is 1. The number of halogens is 3. The summed E-state index contributed by atoms with van der Waals surface area (Å²) in [6, 6.07) is 12.6. The van der Waals surface area contributed by atoms with E-state index >= 15 is 0 Å². The molecule has 0 aliphatic carbocycles. The summed E-state index contributed by atoms with van der Waals surface area (Å²) in [5.41, 5.74) is 5.07. The summed E-state index contributed by atoms with van der Waals surface area (Å²) in [7, 11) is -2.10. The van der Waals surface area contributed by atoms with Gasteiger partial charge in [0, 0.05) is 36.6 Å². The Morgan fingerprint density at radius 3 is 2.54 bits per heavy atom. The van der Waals surface area contributed by atoms with Crippen molar-refractivity contribution in [1.82, 2.24) is 14.7 Å². The van der Waals surface area contributed by atoms with Gasteiger partial charge < -0.3 is 15.2 Å². The summed E-state index contributed by atoms with van der Waals surface area (Å²) in [6.07, 6.45) is -3.39. The Morgan fingerprint density at radius 2 is 1.86 bits per heavy atom. The average Bonchev–Trinajstić information content (AvgIpc) is 3.27. The third-order valence-electron chi connectivity index (χ3n) is 4.47. The number of sulfonamides is 1. The number of hydrogen-bond acceptors (Lipinski definition) is 8. The van der Waals surface area contributed by atoms with Crippen molar-refractivity contribution in [2.45, 2.75) is 11.1 Å². The third kappa shape index (κ3) is 6.85. The van der Waals surface area contributed by atoms with Gasteiger partial charge in [-0.15, -0.1) is 11.3 Å². The molecule has 3 N–H and O–H groups in total. The molecule has 35 heavy (non-hydrogen) atoms. The van der Waals surface area contributed by atoms with Gasteiger partial charge in [-0.05, 0) is 42.5 Å². The summed E-state index contributed by atoms with van der Waals surface area (Å²) >= 11 is 1.59. The van der Waals surface area contributed by atoms with Crippen molar-refractivity contribution in [3.63, 3.8) is 0 Å². The van der Waals surface area contributed by atoms with E-state index in [0.717, 1.165) is 27.0 Å². The molecule has 2 aromatic heterocycles. The van der Waals surface area contributed by atoms with Crippen LogP contribution in [0, 0.1) is 0 Å². The standard InChI is InChI=1S/C19H18N4O3S2.C2HF3O2/c1-26-9-8-22-28(24,25)14-3-4-16-15(11-14)17(6-7-20-16)23-13-2-5-19-18(10-13)21-12-27-19;3-2(4,5)1(6)7/h2-7,10-12,22H,8-9H2,1H3,(H,20,23);(H,6,7). The maximum absolute atomic E-state index is 12.5. The van der Waals surface area contributed by atoms with Gasteiger partial charge in [-0.3, -0.25) is 4.98 Å². The van der Waals surface area contributed by atoms with E-state index in [1.807, 2.05) is 29.8 Å². The van der Waals surface area contributed by atoms with Crippen LogP contribution in [0.2, 0.25) is 0 Å². The maximum atomic E-state index is 12.5. The molecular weight excluding hydrogens is 509 g/mol. The van der Waals surface area contributed by atoms with Gasteiger partial charge in [-0.1, -0.05) is 0 Å². The number of nitrogens with zero attached hydrogens (tertiary/aromatic N) is 2. The van der Waals surface area contributed by atoms with E-state index in [2.05, 4.69) is 20.0 Å². The molecule has 0 aliphatic heterocycles. The number of carboxylic acid groups (broad SMARTS) is 1. The molecule has 2 aromatic carbocycles.